The van der Waals surface area contributed by atoms with E-state index in [1.165, 1.54) is 12.1 Å². The fourth-order valence-corrected chi connectivity index (χ4v) is 2.89. The summed E-state index contributed by atoms with van der Waals surface area (Å²) in [6.45, 7) is 0. The number of carboxylic acid groups (broad SMARTS) is 1. The number of hydrogen-bond acceptors (Lipinski definition) is 3. The molecule has 76 valence electrons. The summed E-state index contributed by atoms with van der Waals surface area (Å²) in [5.41, 5.74) is -0.152. The lowest BCUT2D eigenvalue weighted by atomic mass is 10.2. The predicted octanol–water partition coefficient (Wildman–Crippen LogP) is 1.24. The van der Waals surface area contributed by atoms with Crippen LogP contribution in [0.5, 0.6) is 0 Å². The molecule has 1 aromatic carbocycles. The summed E-state index contributed by atoms with van der Waals surface area (Å²) >= 11 is 1.56. The average Bonchev–Trinajstić information content (AvgIpc) is 2.01. The first-order valence-corrected chi connectivity index (χ1v) is 5.85. The molecule has 0 radical (unpaired) electrons. The van der Waals surface area contributed by atoms with Crippen LogP contribution in [0.1, 0.15) is 10.4 Å². The molecule has 0 bridgehead atoms. The number of aromatic carboxylic acids is 1. The molecule has 0 atom stereocenters. The van der Waals surface area contributed by atoms with Crippen molar-refractivity contribution in [1.82, 2.24) is 0 Å². The van der Waals surface area contributed by atoms with Gasteiger partial charge in [-0.15, -0.1) is 0 Å². The Bertz CT molecular complexity index is 479. The summed E-state index contributed by atoms with van der Waals surface area (Å²) in [6.07, 6.45) is 0. The first-order valence-electron chi connectivity index (χ1n) is 3.33. The normalized spacial score (nSPS) is 11.3. The van der Waals surface area contributed by atoms with E-state index in [1.807, 2.05) is 0 Å². The predicted molar refractivity (Wildman–Crippen MR) is 55.9 cm³/mol. The van der Waals surface area contributed by atoms with Crippen molar-refractivity contribution in [2.45, 2.75) is 4.90 Å². The van der Waals surface area contributed by atoms with Crippen LogP contribution in [0, 0.1) is 3.57 Å². The Morgan fingerprint density at radius 3 is 2.36 bits per heavy atom. The van der Waals surface area contributed by atoms with Crippen LogP contribution < -0.4 is 0 Å². The van der Waals surface area contributed by atoms with Gasteiger partial charge in [0.2, 0.25) is 0 Å². The summed E-state index contributed by atoms with van der Waals surface area (Å²) in [7, 11) is -4.36. The highest BCUT2D eigenvalue weighted by Crippen LogP contribution is 2.21. The van der Waals surface area contributed by atoms with Crippen molar-refractivity contribution in [2.24, 2.45) is 0 Å². The summed E-state index contributed by atoms with van der Waals surface area (Å²) in [5.74, 6) is -1.24. The molecule has 0 spiro atoms. The van der Waals surface area contributed by atoms with Crippen LogP contribution in [-0.4, -0.2) is 24.0 Å². The van der Waals surface area contributed by atoms with Crippen LogP contribution >= 0.6 is 22.6 Å². The van der Waals surface area contributed by atoms with Crippen molar-refractivity contribution in [2.75, 3.05) is 0 Å². The molecule has 1 aromatic rings. The van der Waals surface area contributed by atoms with E-state index in [4.69, 9.17) is 9.66 Å². The molecule has 0 aliphatic carbocycles. The van der Waals surface area contributed by atoms with Crippen LogP contribution in [0.25, 0.3) is 0 Å². The zero-order chi connectivity index (χ0) is 10.9. The van der Waals surface area contributed by atoms with Gasteiger partial charge in [0, 0.05) is 3.57 Å². The van der Waals surface area contributed by atoms with Gasteiger partial charge >= 0.3 is 5.97 Å². The molecule has 2 N–H and O–H groups in total. The first-order chi connectivity index (χ1) is 6.34. The zero-order valence-electron chi connectivity index (χ0n) is 6.64. The highest BCUT2D eigenvalue weighted by atomic mass is 127. The van der Waals surface area contributed by atoms with Gasteiger partial charge in [-0.3, -0.25) is 4.55 Å². The van der Waals surface area contributed by atoms with Gasteiger partial charge in [-0.1, -0.05) is 6.07 Å². The molecule has 0 saturated heterocycles. The Balaban J connectivity index is 3.51. The van der Waals surface area contributed by atoms with Crippen molar-refractivity contribution in [1.29, 1.82) is 0 Å². The Hall–Kier alpha value is -0.670. The van der Waals surface area contributed by atoms with Crippen LogP contribution in [0.3, 0.4) is 0 Å². The standard InChI is InChI=1S/C7H5IO5S/c8-6-4(7(9)10)2-1-3-5(6)14(11,12)13/h1-3H,(H,9,10)(H,11,12,13). The topological polar surface area (TPSA) is 91.7 Å². The molecule has 0 heterocycles. The Labute approximate surface area is 93.6 Å². The van der Waals surface area contributed by atoms with Crippen molar-refractivity contribution >= 4 is 38.7 Å². The molecule has 0 amide bonds. The number of carboxylic acids is 1. The molecule has 5 nitrogen and oxygen atoms in total. The Kier molecular flexibility index (Phi) is 3.12. The van der Waals surface area contributed by atoms with Gasteiger partial charge in [0.05, 0.1) is 5.56 Å². The van der Waals surface area contributed by atoms with Crippen molar-refractivity contribution < 1.29 is 22.9 Å². The second kappa shape index (κ2) is 3.83. The fourth-order valence-electron chi connectivity index (χ4n) is 0.875. The van der Waals surface area contributed by atoms with Gasteiger partial charge in [-0.05, 0) is 34.7 Å². The average molecular weight is 328 g/mol. The van der Waals surface area contributed by atoms with Gasteiger partial charge in [0.25, 0.3) is 10.1 Å². The Morgan fingerprint density at radius 1 is 1.36 bits per heavy atom. The lowest BCUT2D eigenvalue weighted by molar-refractivity contribution is 0.0695. The maximum absolute atomic E-state index is 10.8. The largest absolute Gasteiger partial charge is 0.478 e. The third-order valence-corrected chi connectivity index (χ3v) is 3.90. The molecular formula is C7H5IO5S. The first kappa shape index (κ1) is 11.4. The molecule has 0 unspecified atom stereocenters. The summed E-state index contributed by atoms with van der Waals surface area (Å²) in [6, 6.07) is 3.66. The van der Waals surface area contributed by atoms with Crippen LogP contribution in [0.4, 0.5) is 0 Å². The molecule has 0 saturated carbocycles. The molecule has 0 aliphatic heterocycles. The second-order valence-electron chi connectivity index (χ2n) is 2.40. The van der Waals surface area contributed by atoms with E-state index in [2.05, 4.69) is 0 Å². The number of benzene rings is 1. The number of hydrogen-bond donors (Lipinski definition) is 2. The minimum atomic E-state index is -4.36. The quantitative estimate of drug-likeness (QED) is 0.629. The summed E-state index contributed by atoms with van der Waals surface area (Å²) < 4.78 is 30.3. The second-order valence-corrected chi connectivity index (χ2v) is 4.87. The van der Waals surface area contributed by atoms with E-state index in [0.717, 1.165) is 6.07 Å². The minimum absolute atomic E-state index is 0.0000926. The smallest absolute Gasteiger partial charge is 0.336 e. The zero-order valence-corrected chi connectivity index (χ0v) is 9.61. The van der Waals surface area contributed by atoms with Crippen LogP contribution in [0.2, 0.25) is 0 Å². The van der Waals surface area contributed by atoms with Crippen molar-refractivity contribution in [3.05, 3.63) is 27.3 Å². The van der Waals surface area contributed by atoms with Crippen molar-refractivity contribution in [3.8, 4) is 0 Å². The van der Waals surface area contributed by atoms with E-state index in [0.29, 0.717) is 0 Å². The van der Waals surface area contributed by atoms with Crippen LogP contribution in [0.15, 0.2) is 23.1 Å². The number of halogens is 1. The molecule has 7 heteroatoms. The lowest BCUT2D eigenvalue weighted by Crippen LogP contribution is -2.06. The highest BCUT2D eigenvalue weighted by molar-refractivity contribution is 14.1. The summed E-state index contributed by atoms with van der Waals surface area (Å²) in [5, 5.41) is 8.67. The fraction of sp³-hybridized carbons (Fsp3) is 0. The molecule has 0 fully saturated rings. The molecule has 0 aromatic heterocycles. The monoisotopic (exact) mass is 328 g/mol. The third-order valence-electron chi connectivity index (χ3n) is 1.47. The van der Waals surface area contributed by atoms with E-state index in [9.17, 15) is 13.2 Å². The molecule has 0 aliphatic rings. The van der Waals surface area contributed by atoms with Gasteiger partial charge in [-0.25, -0.2) is 4.79 Å². The maximum atomic E-state index is 10.8. The minimum Gasteiger partial charge on any atom is -0.478 e. The van der Waals surface area contributed by atoms with E-state index >= 15 is 0 Å². The SMILES string of the molecule is O=C(O)c1cccc(S(=O)(=O)O)c1I. The third kappa shape index (κ3) is 2.22. The maximum Gasteiger partial charge on any atom is 0.336 e. The van der Waals surface area contributed by atoms with Gasteiger partial charge in [-0.2, -0.15) is 8.42 Å². The van der Waals surface area contributed by atoms with Crippen LogP contribution in [-0.2, 0) is 10.1 Å². The molecule has 14 heavy (non-hydrogen) atoms. The van der Waals surface area contributed by atoms with Crippen molar-refractivity contribution in [3.63, 3.8) is 0 Å². The van der Waals surface area contributed by atoms with Gasteiger partial charge < -0.3 is 5.11 Å². The van der Waals surface area contributed by atoms with Gasteiger partial charge in [0.1, 0.15) is 4.90 Å². The number of carbonyl (C=O) groups is 1. The summed E-state index contributed by atoms with van der Waals surface area (Å²) in [4.78, 5) is 10.2. The number of rotatable bonds is 2. The lowest BCUT2D eigenvalue weighted by Gasteiger charge is -2.03. The molecular weight excluding hydrogens is 323 g/mol. The Morgan fingerprint density at radius 2 is 1.93 bits per heavy atom. The van der Waals surface area contributed by atoms with E-state index in [-0.39, 0.29) is 9.13 Å². The van der Waals surface area contributed by atoms with Gasteiger partial charge in [0.15, 0.2) is 0 Å². The highest BCUT2D eigenvalue weighted by Gasteiger charge is 2.19. The molecule has 1 rings (SSSR count). The van der Waals surface area contributed by atoms with E-state index in [1.54, 1.807) is 22.6 Å². The van der Waals surface area contributed by atoms with E-state index < -0.39 is 21.0 Å².